The van der Waals surface area contributed by atoms with Crippen molar-refractivity contribution in [1.82, 2.24) is 4.57 Å². The molecule has 4 nitrogen and oxygen atoms in total. The highest BCUT2D eigenvalue weighted by atomic mass is 16.1. The summed E-state index contributed by atoms with van der Waals surface area (Å²) >= 11 is 0. The first-order valence-corrected chi connectivity index (χ1v) is 7.50. The van der Waals surface area contributed by atoms with Crippen LogP contribution in [0.25, 0.3) is 10.9 Å². The van der Waals surface area contributed by atoms with Crippen LogP contribution in [-0.4, -0.2) is 10.5 Å². The number of hydrogen-bond acceptors (Lipinski definition) is 2. The molecule has 0 saturated carbocycles. The number of carbonyl (C=O) groups excluding carboxylic acids is 1. The minimum atomic E-state index is -0.0481. The number of para-hydroxylation sites is 1. The smallest absolute Gasteiger partial charge is 0.224 e. The van der Waals surface area contributed by atoms with E-state index in [1.807, 2.05) is 19.2 Å². The molecule has 0 saturated heterocycles. The maximum Gasteiger partial charge on any atom is 0.224 e. The summed E-state index contributed by atoms with van der Waals surface area (Å²) in [6.45, 7) is 0. The quantitative estimate of drug-likeness (QED) is 0.800. The van der Waals surface area contributed by atoms with E-state index in [9.17, 15) is 4.79 Å². The molecular weight excluding hydrogens is 286 g/mol. The van der Waals surface area contributed by atoms with Gasteiger partial charge in [-0.3, -0.25) is 4.79 Å². The van der Waals surface area contributed by atoms with Gasteiger partial charge in [-0.25, -0.2) is 0 Å². The Hall–Kier alpha value is -3.06. The molecular formula is C19H17N3O. The van der Waals surface area contributed by atoms with Gasteiger partial charge in [0.1, 0.15) is 0 Å². The Balaban J connectivity index is 1.67. The number of nitriles is 1. The van der Waals surface area contributed by atoms with Gasteiger partial charge >= 0.3 is 0 Å². The lowest BCUT2D eigenvalue weighted by Crippen LogP contribution is -2.12. The number of benzene rings is 2. The first kappa shape index (κ1) is 14.9. The van der Waals surface area contributed by atoms with E-state index in [0.717, 1.165) is 0 Å². The molecule has 1 N–H and O–H groups in total. The van der Waals surface area contributed by atoms with Gasteiger partial charge in [-0.05, 0) is 36.2 Å². The zero-order valence-electron chi connectivity index (χ0n) is 12.9. The highest BCUT2D eigenvalue weighted by molar-refractivity contribution is 5.91. The molecule has 4 heteroatoms. The van der Waals surface area contributed by atoms with Crippen LogP contribution >= 0.6 is 0 Å². The molecule has 0 spiro atoms. The summed E-state index contributed by atoms with van der Waals surface area (Å²) < 4.78 is 2.08. The van der Waals surface area contributed by atoms with Gasteiger partial charge in [0.2, 0.25) is 5.91 Å². The van der Waals surface area contributed by atoms with E-state index < -0.39 is 0 Å². The number of amides is 1. The molecule has 3 rings (SSSR count). The third-order valence-electron chi connectivity index (χ3n) is 3.88. The molecule has 0 bridgehead atoms. The Labute approximate surface area is 135 Å². The van der Waals surface area contributed by atoms with Crippen molar-refractivity contribution in [3.63, 3.8) is 0 Å². The number of rotatable bonds is 4. The van der Waals surface area contributed by atoms with E-state index in [1.165, 1.54) is 16.5 Å². The highest BCUT2D eigenvalue weighted by Crippen LogP contribution is 2.21. The number of aryl methyl sites for hydroxylation is 2. The molecule has 23 heavy (non-hydrogen) atoms. The van der Waals surface area contributed by atoms with Gasteiger partial charge in [0.15, 0.2) is 0 Å². The molecule has 0 fully saturated rings. The Morgan fingerprint density at radius 3 is 2.87 bits per heavy atom. The topological polar surface area (TPSA) is 57.8 Å². The van der Waals surface area contributed by atoms with Crippen molar-refractivity contribution in [2.45, 2.75) is 12.8 Å². The summed E-state index contributed by atoms with van der Waals surface area (Å²) in [5.74, 6) is -0.0481. The summed E-state index contributed by atoms with van der Waals surface area (Å²) in [7, 11) is 2.01. The lowest BCUT2D eigenvalue weighted by atomic mass is 10.1. The van der Waals surface area contributed by atoms with Crippen molar-refractivity contribution in [1.29, 1.82) is 5.26 Å². The van der Waals surface area contributed by atoms with Gasteiger partial charge in [-0.2, -0.15) is 5.26 Å². The van der Waals surface area contributed by atoms with Gasteiger partial charge in [-0.1, -0.05) is 24.3 Å². The monoisotopic (exact) mass is 303 g/mol. The van der Waals surface area contributed by atoms with E-state index in [-0.39, 0.29) is 5.91 Å². The molecule has 0 aliphatic heterocycles. The van der Waals surface area contributed by atoms with E-state index >= 15 is 0 Å². The van der Waals surface area contributed by atoms with Crippen molar-refractivity contribution in [3.8, 4) is 6.07 Å². The van der Waals surface area contributed by atoms with Crippen LogP contribution in [0.1, 0.15) is 17.5 Å². The van der Waals surface area contributed by atoms with Crippen molar-refractivity contribution in [2.75, 3.05) is 5.32 Å². The minimum absolute atomic E-state index is 0.0481. The fraction of sp³-hybridized carbons (Fsp3) is 0.158. The van der Waals surface area contributed by atoms with Crippen LogP contribution in [0.5, 0.6) is 0 Å². The average molecular weight is 303 g/mol. The van der Waals surface area contributed by atoms with Crippen LogP contribution < -0.4 is 5.32 Å². The first-order chi connectivity index (χ1) is 11.2. The first-order valence-electron chi connectivity index (χ1n) is 7.50. The number of carbonyl (C=O) groups is 1. The Morgan fingerprint density at radius 1 is 1.22 bits per heavy atom. The molecule has 3 aromatic rings. The van der Waals surface area contributed by atoms with Crippen LogP contribution in [0.2, 0.25) is 0 Å². The van der Waals surface area contributed by atoms with Crippen LogP contribution in [-0.2, 0) is 18.3 Å². The fourth-order valence-corrected chi connectivity index (χ4v) is 2.76. The molecule has 1 heterocycles. The normalized spacial score (nSPS) is 10.4. The van der Waals surface area contributed by atoms with Gasteiger partial charge in [0.05, 0.1) is 11.6 Å². The molecule has 1 aromatic heterocycles. The van der Waals surface area contributed by atoms with E-state index in [1.54, 1.807) is 24.3 Å². The predicted octanol–water partition coefficient (Wildman–Crippen LogP) is 3.62. The van der Waals surface area contributed by atoms with Crippen LogP contribution in [0, 0.1) is 11.3 Å². The zero-order chi connectivity index (χ0) is 16.2. The summed E-state index contributed by atoms with van der Waals surface area (Å²) in [6, 6.07) is 17.2. The third kappa shape index (κ3) is 3.24. The third-order valence-corrected chi connectivity index (χ3v) is 3.88. The largest absolute Gasteiger partial charge is 0.350 e. The molecule has 2 aromatic carbocycles. The minimum Gasteiger partial charge on any atom is -0.350 e. The molecule has 0 aliphatic carbocycles. The van der Waals surface area contributed by atoms with Gasteiger partial charge in [0, 0.05) is 36.3 Å². The second-order valence-electron chi connectivity index (χ2n) is 5.52. The van der Waals surface area contributed by atoms with E-state index in [0.29, 0.717) is 24.1 Å². The second-order valence-corrected chi connectivity index (χ2v) is 5.52. The lowest BCUT2D eigenvalue weighted by molar-refractivity contribution is -0.116. The molecule has 0 unspecified atom stereocenters. The maximum absolute atomic E-state index is 12.1. The van der Waals surface area contributed by atoms with Crippen molar-refractivity contribution >= 4 is 22.5 Å². The predicted molar refractivity (Wildman–Crippen MR) is 91.0 cm³/mol. The molecule has 114 valence electrons. The number of nitrogens with one attached hydrogen (secondary N) is 1. The summed E-state index contributed by atoms with van der Waals surface area (Å²) in [6.07, 6.45) is 3.17. The summed E-state index contributed by atoms with van der Waals surface area (Å²) in [5, 5.41) is 12.9. The summed E-state index contributed by atoms with van der Waals surface area (Å²) in [4.78, 5) is 12.1. The Kier molecular flexibility index (Phi) is 4.11. The van der Waals surface area contributed by atoms with E-state index in [2.05, 4.69) is 34.3 Å². The molecule has 1 amide bonds. The van der Waals surface area contributed by atoms with E-state index in [4.69, 9.17) is 5.26 Å². The standard InChI is InChI=1S/C19H17N3O/c1-22-13-15(17-7-2-3-8-18(17)22)9-10-19(23)21-16-6-4-5-14(11-16)12-20/h2-8,11,13H,9-10H2,1H3,(H,21,23). The number of nitrogens with zero attached hydrogens (tertiary/aromatic N) is 2. The van der Waals surface area contributed by atoms with Crippen LogP contribution in [0.15, 0.2) is 54.7 Å². The van der Waals surface area contributed by atoms with Crippen molar-refractivity contribution in [2.24, 2.45) is 7.05 Å². The van der Waals surface area contributed by atoms with Crippen LogP contribution in [0.4, 0.5) is 5.69 Å². The average Bonchev–Trinajstić information content (AvgIpc) is 2.90. The number of aromatic nitrogens is 1. The molecule has 0 atom stereocenters. The number of hydrogen-bond donors (Lipinski definition) is 1. The highest BCUT2D eigenvalue weighted by Gasteiger charge is 2.09. The Morgan fingerprint density at radius 2 is 2.04 bits per heavy atom. The number of fused-ring (bicyclic) bond motifs is 1. The molecule has 0 aliphatic rings. The number of anilines is 1. The fourth-order valence-electron chi connectivity index (χ4n) is 2.76. The zero-order valence-corrected chi connectivity index (χ0v) is 12.9. The van der Waals surface area contributed by atoms with Crippen molar-refractivity contribution < 1.29 is 4.79 Å². The Bertz CT molecular complexity index is 902. The van der Waals surface area contributed by atoms with Crippen LogP contribution in [0.3, 0.4) is 0 Å². The van der Waals surface area contributed by atoms with Gasteiger partial charge < -0.3 is 9.88 Å². The second kappa shape index (κ2) is 6.37. The lowest BCUT2D eigenvalue weighted by Gasteiger charge is -2.05. The van der Waals surface area contributed by atoms with Gasteiger partial charge in [-0.15, -0.1) is 0 Å². The summed E-state index contributed by atoms with van der Waals surface area (Å²) in [5.41, 5.74) is 3.54. The molecule has 0 radical (unpaired) electrons. The SMILES string of the molecule is Cn1cc(CCC(=O)Nc2cccc(C#N)c2)c2ccccc21. The van der Waals surface area contributed by atoms with Gasteiger partial charge in [0.25, 0.3) is 0 Å². The maximum atomic E-state index is 12.1. The van der Waals surface area contributed by atoms with Crippen molar-refractivity contribution in [3.05, 3.63) is 65.9 Å².